The number of phenolic OH excluding ortho intramolecular Hbond substituents is 2. The highest BCUT2D eigenvalue weighted by atomic mass is 16.3. The molecular weight excluding hydrogens is 296 g/mol. The molecule has 0 heterocycles. The van der Waals surface area contributed by atoms with Gasteiger partial charge in [-0.1, -0.05) is 60.7 Å². The molecule has 0 fully saturated rings. The second-order valence-corrected chi connectivity index (χ2v) is 5.82. The zero-order valence-electron chi connectivity index (χ0n) is 13.0. The van der Waals surface area contributed by atoms with Crippen LogP contribution < -0.4 is 0 Å². The number of hydrogen-bond donors (Lipinski definition) is 2. The van der Waals surface area contributed by atoms with Crippen LogP contribution in [0.5, 0.6) is 11.5 Å². The van der Waals surface area contributed by atoms with Crippen molar-refractivity contribution in [1.82, 2.24) is 0 Å². The topological polar surface area (TPSA) is 40.5 Å². The van der Waals surface area contributed by atoms with Crippen LogP contribution in [0.3, 0.4) is 0 Å². The van der Waals surface area contributed by atoms with Gasteiger partial charge in [0.15, 0.2) is 0 Å². The first-order valence-electron chi connectivity index (χ1n) is 7.83. The maximum absolute atomic E-state index is 10.4. The van der Waals surface area contributed by atoms with E-state index >= 15 is 0 Å². The predicted octanol–water partition coefficient (Wildman–Crippen LogP) is 5.59. The number of benzene rings is 4. The molecule has 0 saturated carbocycles. The lowest BCUT2D eigenvalue weighted by atomic mass is 9.96. The Morgan fingerprint density at radius 3 is 1.21 bits per heavy atom. The molecule has 0 atom stereocenters. The van der Waals surface area contributed by atoms with E-state index in [0.29, 0.717) is 0 Å². The fourth-order valence-corrected chi connectivity index (χ4v) is 3.02. The van der Waals surface area contributed by atoms with Crippen molar-refractivity contribution in [1.29, 1.82) is 0 Å². The summed E-state index contributed by atoms with van der Waals surface area (Å²) in [5, 5.41) is 22.6. The minimum absolute atomic E-state index is 0.235. The van der Waals surface area contributed by atoms with Crippen molar-refractivity contribution in [3.05, 3.63) is 84.9 Å². The van der Waals surface area contributed by atoms with Crippen molar-refractivity contribution < 1.29 is 10.2 Å². The Bertz CT molecular complexity index is 921. The Morgan fingerprint density at radius 2 is 0.833 bits per heavy atom. The zero-order valence-corrected chi connectivity index (χ0v) is 13.0. The van der Waals surface area contributed by atoms with Crippen LogP contribution in [0.15, 0.2) is 84.9 Å². The molecule has 0 aliphatic rings. The van der Waals surface area contributed by atoms with Gasteiger partial charge in [0.1, 0.15) is 11.5 Å². The van der Waals surface area contributed by atoms with Crippen LogP contribution in [0.2, 0.25) is 0 Å². The number of hydrogen-bond acceptors (Lipinski definition) is 2. The van der Waals surface area contributed by atoms with Gasteiger partial charge in [-0.2, -0.15) is 0 Å². The average Bonchev–Trinajstić information content (AvgIpc) is 2.62. The van der Waals surface area contributed by atoms with Gasteiger partial charge in [-0.3, -0.25) is 0 Å². The highest BCUT2D eigenvalue weighted by Gasteiger charge is 2.10. The third kappa shape index (κ3) is 2.48. The monoisotopic (exact) mass is 312 g/mol. The summed E-state index contributed by atoms with van der Waals surface area (Å²) in [4.78, 5) is 0. The fourth-order valence-electron chi connectivity index (χ4n) is 3.02. The summed E-state index contributed by atoms with van der Waals surface area (Å²) in [6.45, 7) is 0. The standard InChI is InChI=1S/C22H16O2/c23-21-13-18-12-20(16-9-5-2-6-10-16)22(24)14-17(18)11-19(21)15-7-3-1-4-8-15/h1-14,23-24H. The number of fused-ring (bicyclic) bond motifs is 1. The highest BCUT2D eigenvalue weighted by molar-refractivity contribution is 5.95. The van der Waals surface area contributed by atoms with E-state index in [0.717, 1.165) is 33.0 Å². The summed E-state index contributed by atoms with van der Waals surface area (Å²) in [5.74, 6) is 0.469. The van der Waals surface area contributed by atoms with E-state index in [9.17, 15) is 10.2 Å². The molecule has 2 heteroatoms. The molecule has 0 aromatic heterocycles. The fraction of sp³-hybridized carbons (Fsp3) is 0. The summed E-state index contributed by atoms with van der Waals surface area (Å²) in [6.07, 6.45) is 0. The minimum atomic E-state index is 0.235. The molecule has 4 aromatic rings. The third-order valence-electron chi connectivity index (χ3n) is 4.24. The molecule has 0 aliphatic heterocycles. The Kier molecular flexibility index (Phi) is 3.43. The molecule has 4 rings (SSSR count). The first-order chi connectivity index (χ1) is 11.7. The Labute approximate surface area is 140 Å². The summed E-state index contributed by atoms with van der Waals surface area (Å²) >= 11 is 0. The van der Waals surface area contributed by atoms with E-state index in [1.807, 2.05) is 72.8 Å². The van der Waals surface area contributed by atoms with Crippen LogP contribution in [0, 0.1) is 0 Å². The average molecular weight is 312 g/mol. The lowest BCUT2D eigenvalue weighted by Crippen LogP contribution is -1.84. The van der Waals surface area contributed by atoms with Crippen LogP contribution in [-0.2, 0) is 0 Å². The molecule has 2 nitrogen and oxygen atoms in total. The summed E-state index contributed by atoms with van der Waals surface area (Å²) in [7, 11) is 0. The third-order valence-corrected chi connectivity index (χ3v) is 4.24. The summed E-state index contributed by atoms with van der Waals surface area (Å²) in [6, 6.07) is 26.8. The molecule has 0 spiro atoms. The van der Waals surface area contributed by atoms with Crippen molar-refractivity contribution in [2.24, 2.45) is 0 Å². The second-order valence-electron chi connectivity index (χ2n) is 5.82. The normalized spacial score (nSPS) is 10.8. The van der Waals surface area contributed by atoms with Crippen molar-refractivity contribution >= 4 is 10.8 Å². The lowest BCUT2D eigenvalue weighted by molar-refractivity contribution is 0.476. The van der Waals surface area contributed by atoms with Gasteiger partial charge in [0, 0.05) is 11.1 Å². The molecule has 0 amide bonds. The Morgan fingerprint density at radius 1 is 0.458 bits per heavy atom. The first-order valence-corrected chi connectivity index (χ1v) is 7.83. The van der Waals surface area contributed by atoms with Crippen molar-refractivity contribution in [2.45, 2.75) is 0 Å². The van der Waals surface area contributed by atoms with E-state index < -0.39 is 0 Å². The van der Waals surface area contributed by atoms with Gasteiger partial charge in [0.05, 0.1) is 0 Å². The number of phenols is 2. The van der Waals surface area contributed by atoms with Gasteiger partial charge < -0.3 is 10.2 Å². The van der Waals surface area contributed by atoms with E-state index in [4.69, 9.17) is 0 Å². The SMILES string of the molecule is Oc1cc2cc(-c3ccccc3)c(O)cc2cc1-c1ccccc1. The zero-order chi connectivity index (χ0) is 16.5. The Balaban J connectivity index is 1.91. The van der Waals surface area contributed by atoms with Gasteiger partial charge in [0.2, 0.25) is 0 Å². The van der Waals surface area contributed by atoms with E-state index in [1.165, 1.54) is 0 Å². The number of rotatable bonds is 2. The minimum Gasteiger partial charge on any atom is -0.507 e. The van der Waals surface area contributed by atoms with Gasteiger partial charge in [-0.25, -0.2) is 0 Å². The molecule has 0 bridgehead atoms. The maximum Gasteiger partial charge on any atom is 0.124 e. The van der Waals surface area contributed by atoms with Crippen LogP contribution in [0.25, 0.3) is 33.0 Å². The maximum atomic E-state index is 10.4. The highest BCUT2D eigenvalue weighted by Crippen LogP contribution is 2.38. The molecular formula is C22H16O2. The number of aromatic hydroxyl groups is 2. The first kappa shape index (κ1) is 14.3. The van der Waals surface area contributed by atoms with Crippen molar-refractivity contribution in [3.63, 3.8) is 0 Å². The molecule has 116 valence electrons. The largest absolute Gasteiger partial charge is 0.507 e. The molecule has 0 aliphatic carbocycles. The van der Waals surface area contributed by atoms with E-state index in [-0.39, 0.29) is 11.5 Å². The van der Waals surface area contributed by atoms with Crippen LogP contribution in [0.1, 0.15) is 0 Å². The van der Waals surface area contributed by atoms with Crippen molar-refractivity contribution in [3.8, 4) is 33.8 Å². The van der Waals surface area contributed by atoms with Crippen molar-refractivity contribution in [2.75, 3.05) is 0 Å². The van der Waals surface area contributed by atoms with E-state index in [2.05, 4.69) is 0 Å². The van der Waals surface area contributed by atoms with Gasteiger partial charge in [-0.15, -0.1) is 0 Å². The second kappa shape index (κ2) is 5.74. The van der Waals surface area contributed by atoms with Crippen LogP contribution >= 0.6 is 0 Å². The molecule has 0 saturated heterocycles. The molecule has 0 unspecified atom stereocenters. The Hall–Kier alpha value is -3.26. The van der Waals surface area contributed by atoms with Gasteiger partial charge >= 0.3 is 0 Å². The van der Waals surface area contributed by atoms with Gasteiger partial charge in [0.25, 0.3) is 0 Å². The molecule has 2 N–H and O–H groups in total. The van der Waals surface area contributed by atoms with Crippen LogP contribution in [0.4, 0.5) is 0 Å². The predicted molar refractivity (Wildman–Crippen MR) is 98.1 cm³/mol. The lowest BCUT2D eigenvalue weighted by Gasteiger charge is -2.11. The van der Waals surface area contributed by atoms with Gasteiger partial charge in [-0.05, 0) is 46.2 Å². The molecule has 4 aromatic carbocycles. The molecule has 24 heavy (non-hydrogen) atoms. The molecule has 0 radical (unpaired) electrons. The quantitative estimate of drug-likeness (QED) is 0.507. The van der Waals surface area contributed by atoms with Crippen LogP contribution in [-0.4, -0.2) is 10.2 Å². The smallest absolute Gasteiger partial charge is 0.124 e. The summed E-state index contributed by atoms with van der Waals surface area (Å²) < 4.78 is 0. The summed E-state index contributed by atoms with van der Waals surface area (Å²) in [5.41, 5.74) is 3.41. The van der Waals surface area contributed by atoms with E-state index in [1.54, 1.807) is 12.1 Å².